The van der Waals surface area contributed by atoms with Crippen LogP contribution in [-0.2, 0) is 9.47 Å². The number of carboxylic acids is 1. The van der Waals surface area contributed by atoms with Crippen LogP contribution in [0.5, 0.6) is 5.75 Å². The molecule has 19 heavy (non-hydrogen) atoms. The number of carbonyl (C=O) groups is 1. The molecular weight excluding hydrogens is 250 g/mol. The summed E-state index contributed by atoms with van der Waals surface area (Å²) in [5.41, 5.74) is 6.28. The Bertz CT molecular complexity index is 408. The fourth-order valence-electron chi connectivity index (χ4n) is 1.38. The summed E-state index contributed by atoms with van der Waals surface area (Å²) in [5, 5.41) is 8.86. The van der Waals surface area contributed by atoms with Crippen molar-refractivity contribution < 1.29 is 24.1 Å². The molecule has 0 aromatic heterocycles. The first kappa shape index (κ1) is 15.3. The summed E-state index contributed by atoms with van der Waals surface area (Å²) in [6.45, 7) is 2.09. The molecule has 0 bridgehead atoms. The van der Waals surface area contributed by atoms with Gasteiger partial charge in [-0.25, -0.2) is 4.79 Å². The van der Waals surface area contributed by atoms with E-state index in [4.69, 9.17) is 25.1 Å². The van der Waals surface area contributed by atoms with Gasteiger partial charge >= 0.3 is 5.97 Å². The smallest absolute Gasteiger partial charge is 0.335 e. The topological polar surface area (TPSA) is 91.0 Å². The standard InChI is InChI=1S/C13H19NO5/c1-17-7-8-18-5-2-6-19-12-9-10(13(15)16)3-4-11(12)14/h3-4,9H,2,5-8,14H2,1H3,(H,15,16). The Morgan fingerprint density at radius 3 is 2.74 bits per heavy atom. The normalized spacial score (nSPS) is 10.4. The van der Waals surface area contributed by atoms with Gasteiger partial charge in [0, 0.05) is 20.1 Å². The molecule has 106 valence electrons. The van der Waals surface area contributed by atoms with Crippen LogP contribution in [0.1, 0.15) is 16.8 Å². The monoisotopic (exact) mass is 269 g/mol. The van der Waals surface area contributed by atoms with Gasteiger partial charge in [-0.1, -0.05) is 0 Å². The highest BCUT2D eigenvalue weighted by atomic mass is 16.5. The first-order chi connectivity index (χ1) is 9.15. The average Bonchev–Trinajstić information content (AvgIpc) is 2.39. The first-order valence-corrected chi connectivity index (χ1v) is 5.97. The van der Waals surface area contributed by atoms with E-state index < -0.39 is 5.97 Å². The van der Waals surface area contributed by atoms with Crippen LogP contribution in [0.25, 0.3) is 0 Å². The SMILES string of the molecule is COCCOCCCOc1cc(C(=O)O)ccc1N. The van der Waals surface area contributed by atoms with Crippen LogP contribution >= 0.6 is 0 Å². The fourth-order valence-corrected chi connectivity index (χ4v) is 1.38. The van der Waals surface area contributed by atoms with Crippen molar-refractivity contribution in [2.45, 2.75) is 6.42 Å². The van der Waals surface area contributed by atoms with E-state index in [1.54, 1.807) is 7.11 Å². The number of nitrogen functional groups attached to an aromatic ring is 1. The van der Waals surface area contributed by atoms with Crippen molar-refractivity contribution >= 4 is 11.7 Å². The molecule has 0 unspecified atom stereocenters. The molecule has 0 amide bonds. The van der Waals surface area contributed by atoms with Crippen molar-refractivity contribution in [3.8, 4) is 5.75 Å². The zero-order valence-electron chi connectivity index (χ0n) is 10.9. The summed E-state index contributed by atoms with van der Waals surface area (Å²) in [4.78, 5) is 10.8. The second kappa shape index (κ2) is 8.34. The van der Waals surface area contributed by atoms with E-state index in [1.165, 1.54) is 18.2 Å². The van der Waals surface area contributed by atoms with E-state index in [0.717, 1.165) is 0 Å². The minimum absolute atomic E-state index is 0.153. The number of aromatic carboxylic acids is 1. The van der Waals surface area contributed by atoms with Crippen LogP contribution in [0.15, 0.2) is 18.2 Å². The highest BCUT2D eigenvalue weighted by molar-refractivity contribution is 5.89. The van der Waals surface area contributed by atoms with Crippen molar-refractivity contribution in [1.82, 2.24) is 0 Å². The largest absolute Gasteiger partial charge is 0.491 e. The molecule has 3 N–H and O–H groups in total. The van der Waals surface area contributed by atoms with Gasteiger partial charge in [0.15, 0.2) is 0 Å². The van der Waals surface area contributed by atoms with E-state index in [2.05, 4.69) is 0 Å². The van der Waals surface area contributed by atoms with Gasteiger partial charge in [-0.3, -0.25) is 0 Å². The second-order valence-corrected chi connectivity index (χ2v) is 3.86. The summed E-state index contributed by atoms with van der Waals surface area (Å²) >= 11 is 0. The lowest BCUT2D eigenvalue weighted by Gasteiger charge is -2.09. The molecule has 0 aliphatic rings. The van der Waals surface area contributed by atoms with Gasteiger partial charge < -0.3 is 25.1 Å². The summed E-state index contributed by atoms with van der Waals surface area (Å²) in [6.07, 6.45) is 0.695. The van der Waals surface area contributed by atoms with Crippen LogP contribution < -0.4 is 10.5 Å². The molecule has 1 aromatic carbocycles. The van der Waals surface area contributed by atoms with Gasteiger partial charge in [-0.05, 0) is 18.2 Å². The maximum absolute atomic E-state index is 10.8. The van der Waals surface area contributed by atoms with E-state index in [0.29, 0.717) is 44.3 Å². The molecule has 0 radical (unpaired) electrons. The number of hydrogen-bond acceptors (Lipinski definition) is 5. The van der Waals surface area contributed by atoms with Crippen LogP contribution in [0.2, 0.25) is 0 Å². The Labute approximate surface area is 112 Å². The molecule has 0 aliphatic heterocycles. The number of benzene rings is 1. The number of ether oxygens (including phenoxy) is 3. The van der Waals surface area contributed by atoms with Crippen molar-refractivity contribution in [1.29, 1.82) is 0 Å². The van der Waals surface area contributed by atoms with Crippen molar-refractivity contribution in [3.63, 3.8) is 0 Å². The maximum Gasteiger partial charge on any atom is 0.335 e. The third kappa shape index (κ3) is 5.58. The molecule has 0 saturated carbocycles. The molecule has 6 nitrogen and oxygen atoms in total. The summed E-state index contributed by atoms with van der Waals surface area (Å²) in [6, 6.07) is 4.38. The van der Waals surface area contributed by atoms with Crippen molar-refractivity contribution in [2.75, 3.05) is 39.3 Å². The van der Waals surface area contributed by atoms with Gasteiger partial charge in [0.1, 0.15) is 5.75 Å². The lowest BCUT2D eigenvalue weighted by atomic mass is 10.2. The number of methoxy groups -OCH3 is 1. The van der Waals surface area contributed by atoms with Gasteiger partial charge in [0.25, 0.3) is 0 Å². The molecule has 0 fully saturated rings. The number of carboxylic acid groups (broad SMARTS) is 1. The van der Waals surface area contributed by atoms with Crippen molar-refractivity contribution in [3.05, 3.63) is 23.8 Å². The van der Waals surface area contributed by atoms with Gasteiger partial charge in [-0.15, -0.1) is 0 Å². The molecule has 0 heterocycles. The predicted molar refractivity (Wildman–Crippen MR) is 70.6 cm³/mol. The number of nitrogens with two attached hydrogens (primary N) is 1. The average molecular weight is 269 g/mol. The van der Waals surface area contributed by atoms with Gasteiger partial charge in [0.05, 0.1) is 31.1 Å². The Kier molecular flexibility index (Phi) is 6.70. The predicted octanol–water partition coefficient (Wildman–Crippen LogP) is 1.40. The molecule has 0 atom stereocenters. The highest BCUT2D eigenvalue weighted by Gasteiger charge is 2.07. The molecule has 1 rings (SSSR count). The Morgan fingerprint density at radius 1 is 1.26 bits per heavy atom. The Morgan fingerprint density at radius 2 is 2.05 bits per heavy atom. The van der Waals surface area contributed by atoms with Crippen LogP contribution in [-0.4, -0.2) is 44.6 Å². The minimum atomic E-state index is -1.01. The minimum Gasteiger partial charge on any atom is -0.491 e. The maximum atomic E-state index is 10.8. The lowest BCUT2D eigenvalue weighted by Crippen LogP contribution is -2.08. The van der Waals surface area contributed by atoms with E-state index in [1.807, 2.05) is 0 Å². The quantitative estimate of drug-likeness (QED) is 0.520. The Balaban J connectivity index is 2.32. The van der Waals surface area contributed by atoms with E-state index >= 15 is 0 Å². The zero-order valence-corrected chi connectivity index (χ0v) is 10.9. The third-order valence-corrected chi connectivity index (χ3v) is 2.38. The van der Waals surface area contributed by atoms with Crippen LogP contribution in [0, 0.1) is 0 Å². The molecule has 1 aromatic rings. The molecule has 6 heteroatoms. The zero-order chi connectivity index (χ0) is 14.1. The van der Waals surface area contributed by atoms with Crippen LogP contribution in [0.3, 0.4) is 0 Å². The molecular formula is C13H19NO5. The Hall–Kier alpha value is -1.79. The number of rotatable bonds is 9. The fraction of sp³-hybridized carbons (Fsp3) is 0.462. The summed E-state index contributed by atoms with van der Waals surface area (Å²) < 4.78 is 15.5. The molecule has 0 saturated heterocycles. The molecule has 0 spiro atoms. The van der Waals surface area contributed by atoms with E-state index in [9.17, 15) is 4.79 Å². The molecule has 0 aliphatic carbocycles. The lowest BCUT2D eigenvalue weighted by molar-refractivity contribution is 0.0643. The third-order valence-electron chi connectivity index (χ3n) is 2.38. The van der Waals surface area contributed by atoms with Crippen molar-refractivity contribution in [2.24, 2.45) is 0 Å². The first-order valence-electron chi connectivity index (χ1n) is 5.97. The van der Waals surface area contributed by atoms with E-state index in [-0.39, 0.29) is 5.56 Å². The highest BCUT2D eigenvalue weighted by Crippen LogP contribution is 2.22. The van der Waals surface area contributed by atoms with Gasteiger partial charge in [0.2, 0.25) is 0 Å². The summed E-state index contributed by atoms with van der Waals surface area (Å²) in [5.74, 6) is -0.621. The number of anilines is 1. The van der Waals surface area contributed by atoms with Crippen LogP contribution in [0.4, 0.5) is 5.69 Å². The summed E-state index contributed by atoms with van der Waals surface area (Å²) in [7, 11) is 1.62. The second-order valence-electron chi connectivity index (χ2n) is 3.86. The van der Waals surface area contributed by atoms with Gasteiger partial charge in [-0.2, -0.15) is 0 Å². The number of hydrogen-bond donors (Lipinski definition) is 2.